The minimum absolute atomic E-state index is 0.265. The first-order chi connectivity index (χ1) is 20.0. The van der Waals surface area contributed by atoms with Gasteiger partial charge in [0.25, 0.3) is 0 Å². The van der Waals surface area contributed by atoms with Crippen molar-refractivity contribution in [1.82, 2.24) is 4.90 Å². The first kappa shape index (κ1) is 29.7. The van der Waals surface area contributed by atoms with Gasteiger partial charge in [-0.3, -0.25) is 9.69 Å². The number of benzene rings is 4. The number of hydrogen-bond acceptors (Lipinski definition) is 6. The molecule has 1 aliphatic heterocycles. The molecule has 0 aromatic heterocycles. The lowest BCUT2D eigenvalue weighted by Gasteiger charge is -2.34. The third kappa shape index (κ3) is 5.53. The predicted octanol–water partition coefficient (Wildman–Crippen LogP) is 7.46. The summed E-state index contributed by atoms with van der Waals surface area (Å²) < 4.78 is 11.5. The fourth-order valence-corrected chi connectivity index (χ4v) is 6.47. The van der Waals surface area contributed by atoms with Crippen molar-refractivity contribution >= 4 is 39.7 Å². The Morgan fingerprint density at radius 3 is 2.67 bits per heavy atom. The molecule has 42 heavy (non-hydrogen) atoms. The van der Waals surface area contributed by atoms with Crippen LogP contribution < -0.4 is 15.8 Å². The molecule has 0 spiro atoms. The Kier molecular flexibility index (Phi) is 8.40. The highest BCUT2D eigenvalue weighted by Crippen LogP contribution is 2.45. The topological polar surface area (TPSA) is 76.8 Å². The van der Waals surface area contributed by atoms with Crippen molar-refractivity contribution in [2.24, 2.45) is 5.41 Å². The molecule has 5 rings (SSSR count). The maximum atomic E-state index is 13.2. The average molecular weight is 586 g/mol. The van der Waals surface area contributed by atoms with Gasteiger partial charge in [-0.2, -0.15) is 0 Å². The van der Waals surface area contributed by atoms with Gasteiger partial charge in [0.2, 0.25) is 0 Å². The number of nitrogens with zero attached hydrogens (tertiary/aromatic N) is 1. The van der Waals surface area contributed by atoms with E-state index in [1.165, 1.54) is 18.2 Å². The van der Waals surface area contributed by atoms with Crippen LogP contribution in [0.25, 0.3) is 10.8 Å². The van der Waals surface area contributed by atoms with Gasteiger partial charge >= 0.3 is 5.97 Å². The highest BCUT2D eigenvalue weighted by molar-refractivity contribution is 6.35. The third-order valence-electron chi connectivity index (χ3n) is 8.74. The largest absolute Gasteiger partial charge is 0.492 e. The van der Waals surface area contributed by atoms with Crippen LogP contribution in [0.5, 0.6) is 5.75 Å². The van der Waals surface area contributed by atoms with E-state index in [0.29, 0.717) is 12.3 Å². The first-order valence-corrected chi connectivity index (χ1v) is 14.7. The summed E-state index contributed by atoms with van der Waals surface area (Å²) in [7, 11) is 3.30. The maximum Gasteiger partial charge on any atom is 0.312 e. The summed E-state index contributed by atoms with van der Waals surface area (Å²) in [6, 6.07) is 20.8. The molecule has 4 aromatic rings. The summed E-state index contributed by atoms with van der Waals surface area (Å²) in [5.74, 6) is 0.382. The molecule has 1 heterocycles. The van der Waals surface area contributed by atoms with Gasteiger partial charge in [0.05, 0.1) is 23.9 Å². The van der Waals surface area contributed by atoms with Crippen LogP contribution in [-0.4, -0.2) is 38.2 Å². The lowest BCUT2D eigenvalue weighted by Crippen LogP contribution is -2.34. The zero-order valence-electron chi connectivity index (χ0n) is 25.3. The van der Waals surface area contributed by atoms with Crippen molar-refractivity contribution in [2.75, 3.05) is 38.4 Å². The highest BCUT2D eigenvalue weighted by atomic mass is 35.5. The van der Waals surface area contributed by atoms with Crippen LogP contribution in [0.1, 0.15) is 53.1 Å². The number of nitrogen functional groups attached to an aromatic ring is 1. The SMILES string of the molecule is CNc1ccc(C(c2ccc(C)c(CN3CCOc4cc5cccc(Cl)c5cc4C3)c2)C(C)(C)C(=O)OC)c(C)c1N. The van der Waals surface area contributed by atoms with Crippen molar-refractivity contribution in [3.63, 3.8) is 0 Å². The molecule has 7 heteroatoms. The monoisotopic (exact) mass is 585 g/mol. The van der Waals surface area contributed by atoms with E-state index in [4.69, 9.17) is 26.8 Å². The van der Waals surface area contributed by atoms with Crippen molar-refractivity contribution < 1.29 is 14.3 Å². The van der Waals surface area contributed by atoms with E-state index < -0.39 is 5.41 Å². The van der Waals surface area contributed by atoms with Crippen LogP contribution >= 0.6 is 11.6 Å². The van der Waals surface area contributed by atoms with Gasteiger partial charge < -0.3 is 20.5 Å². The number of rotatable bonds is 7. The van der Waals surface area contributed by atoms with Crippen molar-refractivity contribution in [3.05, 3.63) is 99.1 Å². The van der Waals surface area contributed by atoms with Crippen molar-refractivity contribution in [2.45, 2.75) is 46.7 Å². The molecular weight excluding hydrogens is 546 g/mol. The number of hydrogen-bond donors (Lipinski definition) is 2. The van der Waals surface area contributed by atoms with E-state index in [2.05, 4.69) is 59.6 Å². The number of carbonyl (C=O) groups excluding carboxylic acids is 1. The van der Waals surface area contributed by atoms with Gasteiger partial charge in [0.1, 0.15) is 12.4 Å². The van der Waals surface area contributed by atoms with E-state index in [9.17, 15) is 4.79 Å². The molecule has 6 nitrogen and oxygen atoms in total. The Labute approximate surface area is 253 Å². The zero-order valence-corrected chi connectivity index (χ0v) is 26.1. The average Bonchev–Trinajstić information content (AvgIpc) is 3.17. The maximum absolute atomic E-state index is 13.2. The standard InChI is InChI=1S/C35H40ClN3O3/c1-21-10-11-24(32(35(3,4)34(40)41-6)27-12-13-30(38-5)33(37)22(27)2)16-25(21)19-39-14-15-42-31-18-23-8-7-9-29(36)28(23)17-26(31)20-39/h7-13,16-18,32,38H,14-15,19-20,37H2,1-6H3. The summed E-state index contributed by atoms with van der Waals surface area (Å²) in [5, 5.41) is 6.02. The molecule has 3 N–H and O–H groups in total. The molecular formula is C35H40ClN3O3. The Morgan fingerprint density at radius 2 is 1.93 bits per heavy atom. The number of methoxy groups -OCH3 is 1. The summed E-state index contributed by atoms with van der Waals surface area (Å²) in [6.07, 6.45) is 0. The molecule has 0 amide bonds. The summed E-state index contributed by atoms with van der Waals surface area (Å²) >= 11 is 6.53. The van der Waals surface area contributed by atoms with E-state index in [1.54, 1.807) is 0 Å². The quantitative estimate of drug-likeness (QED) is 0.173. The van der Waals surface area contributed by atoms with Crippen LogP contribution in [-0.2, 0) is 22.6 Å². The molecule has 1 unspecified atom stereocenters. The van der Waals surface area contributed by atoms with Gasteiger partial charge in [-0.15, -0.1) is 0 Å². The van der Waals surface area contributed by atoms with E-state index in [-0.39, 0.29) is 11.9 Å². The minimum Gasteiger partial charge on any atom is -0.492 e. The highest BCUT2D eigenvalue weighted by Gasteiger charge is 2.41. The molecule has 220 valence electrons. The number of ether oxygens (including phenoxy) is 2. The Bertz CT molecular complexity index is 1650. The Morgan fingerprint density at radius 1 is 1.14 bits per heavy atom. The zero-order chi connectivity index (χ0) is 30.2. The lowest BCUT2D eigenvalue weighted by atomic mass is 9.69. The fraction of sp³-hybridized carbons (Fsp3) is 0.343. The van der Waals surface area contributed by atoms with Crippen LogP contribution in [0.4, 0.5) is 11.4 Å². The second kappa shape index (κ2) is 11.9. The number of aryl methyl sites for hydroxylation is 1. The number of nitrogens with one attached hydrogen (secondary N) is 1. The van der Waals surface area contributed by atoms with Crippen LogP contribution in [0.15, 0.2) is 60.7 Å². The minimum atomic E-state index is -0.838. The molecule has 0 saturated heterocycles. The van der Waals surface area contributed by atoms with Gasteiger partial charge in [-0.1, -0.05) is 48.0 Å². The number of esters is 1. The Hall–Kier alpha value is -3.74. The molecule has 0 saturated carbocycles. The Balaban J connectivity index is 1.53. The second-order valence-electron chi connectivity index (χ2n) is 11.8. The van der Waals surface area contributed by atoms with Crippen LogP contribution in [0.3, 0.4) is 0 Å². The first-order valence-electron chi connectivity index (χ1n) is 14.4. The molecule has 1 aliphatic rings. The normalized spacial score (nSPS) is 14.5. The number of fused-ring (bicyclic) bond motifs is 2. The van der Waals surface area contributed by atoms with Gasteiger partial charge in [-0.05, 0) is 85.2 Å². The van der Waals surface area contributed by atoms with E-state index >= 15 is 0 Å². The van der Waals surface area contributed by atoms with Gasteiger partial charge in [-0.25, -0.2) is 0 Å². The number of halogens is 1. The van der Waals surface area contributed by atoms with Crippen LogP contribution in [0.2, 0.25) is 5.02 Å². The molecule has 1 atom stereocenters. The number of nitrogens with two attached hydrogens (primary N) is 1. The molecule has 0 bridgehead atoms. The summed E-state index contributed by atoms with van der Waals surface area (Å²) in [6.45, 7) is 10.9. The smallest absolute Gasteiger partial charge is 0.312 e. The lowest BCUT2D eigenvalue weighted by molar-refractivity contribution is -0.151. The second-order valence-corrected chi connectivity index (χ2v) is 12.2. The molecule has 4 aromatic carbocycles. The predicted molar refractivity (Wildman–Crippen MR) is 173 cm³/mol. The van der Waals surface area contributed by atoms with Crippen molar-refractivity contribution in [1.29, 1.82) is 0 Å². The summed E-state index contributed by atoms with van der Waals surface area (Å²) in [5.41, 5.74) is 13.8. The fourth-order valence-electron chi connectivity index (χ4n) is 6.23. The number of anilines is 2. The van der Waals surface area contributed by atoms with Gasteiger partial charge in [0.15, 0.2) is 0 Å². The van der Waals surface area contributed by atoms with E-state index in [1.807, 2.05) is 46.0 Å². The van der Waals surface area contributed by atoms with Crippen molar-refractivity contribution in [3.8, 4) is 5.75 Å². The number of carbonyl (C=O) groups is 1. The van der Waals surface area contributed by atoms with E-state index in [0.717, 1.165) is 69.1 Å². The van der Waals surface area contributed by atoms with Gasteiger partial charge in [0, 0.05) is 48.6 Å². The summed E-state index contributed by atoms with van der Waals surface area (Å²) in [4.78, 5) is 15.6. The molecule has 0 aliphatic carbocycles. The van der Waals surface area contributed by atoms with Crippen LogP contribution in [0, 0.1) is 19.3 Å². The molecule has 0 fully saturated rings. The third-order valence-corrected chi connectivity index (χ3v) is 9.07. The molecule has 0 radical (unpaired) electrons.